The summed E-state index contributed by atoms with van der Waals surface area (Å²) in [5.74, 6) is 0.612. The molecular weight excluding hydrogens is 331 g/mol. The number of carbonyl (C=O) groups is 1. The van der Waals surface area contributed by atoms with Crippen molar-refractivity contribution >= 4 is 11.6 Å². The lowest BCUT2D eigenvalue weighted by molar-refractivity contribution is -0.127. The van der Waals surface area contributed by atoms with Crippen molar-refractivity contribution in [3.63, 3.8) is 0 Å². The Kier molecular flexibility index (Phi) is 4.78. The molecule has 1 fully saturated rings. The number of halogens is 1. The van der Waals surface area contributed by atoms with Crippen molar-refractivity contribution in [3.05, 3.63) is 59.9 Å². The zero-order valence-electron chi connectivity index (χ0n) is 14.7. The van der Waals surface area contributed by atoms with Gasteiger partial charge >= 0.3 is 0 Å². The highest BCUT2D eigenvalue weighted by Gasteiger charge is 2.29. The second kappa shape index (κ2) is 7.36. The maximum atomic E-state index is 13.9. The molecule has 2 aromatic carbocycles. The van der Waals surface area contributed by atoms with Gasteiger partial charge in [0.15, 0.2) is 0 Å². The lowest BCUT2D eigenvalue weighted by Gasteiger charge is -2.35. The summed E-state index contributed by atoms with van der Waals surface area (Å²) in [6.45, 7) is 1.92. The molecule has 136 valence electrons. The van der Waals surface area contributed by atoms with Gasteiger partial charge in [0.2, 0.25) is 5.91 Å². The largest absolute Gasteiger partial charge is 0.492 e. The topological polar surface area (TPSA) is 41.6 Å². The Labute approximate surface area is 153 Å². The first-order valence-electron chi connectivity index (χ1n) is 9.21. The van der Waals surface area contributed by atoms with E-state index in [2.05, 4.69) is 10.2 Å². The van der Waals surface area contributed by atoms with Crippen molar-refractivity contribution in [1.29, 1.82) is 0 Å². The summed E-state index contributed by atoms with van der Waals surface area (Å²) < 4.78 is 19.6. The molecular formula is C21H23FN2O2. The number of hydrogen-bond donors (Lipinski definition) is 1. The van der Waals surface area contributed by atoms with Gasteiger partial charge < -0.3 is 15.0 Å². The van der Waals surface area contributed by atoms with Gasteiger partial charge in [0.1, 0.15) is 18.2 Å². The summed E-state index contributed by atoms with van der Waals surface area (Å²) in [7, 11) is 0. The molecule has 2 aliphatic heterocycles. The molecule has 5 heteroatoms. The zero-order valence-corrected chi connectivity index (χ0v) is 14.7. The number of nitrogens with zero attached hydrogens (tertiary/aromatic N) is 1. The van der Waals surface area contributed by atoms with E-state index in [4.69, 9.17) is 4.74 Å². The molecule has 0 aliphatic carbocycles. The predicted octanol–water partition coefficient (Wildman–Crippen LogP) is 3.16. The van der Waals surface area contributed by atoms with Gasteiger partial charge in [-0.1, -0.05) is 30.3 Å². The van der Waals surface area contributed by atoms with E-state index in [1.54, 1.807) is 6.07 Å². The molecule has 0 unspecified atom stereocenters. The predicted molar refractivity (Wildman–Crippen MR) is 98.9 cm³/mol. The molecule has 2 aliphatic rings. The number of benzene rings is 2. The highest BCUT2D eigenvalue weighted by atomic mass is 19.1. The molecule has 2 heterocycles. The third kappa shape index (κ3) is 3.52. The van der Waals surface area contributed by atoms with E-state index in [0.29, 0.717) is 12.3 Å². The number of hydrogen-bond acceptors (Lipinski definition) is 3. The molecule has 0 saturated carbocycles. The van der Waals surface area contributed by atoms with Crippen molar-refractivity contribution in [2.75, 3.05) is 24.6 Å². The van der Waals surface area contributed by atoms with Crippen LogP contribution in [0.25, 0.3) is 0 Å². The third-order valence-corrected chi connectivity index (χ3v) is 5.28. The fourth-order valence-electron chi connectivity index (χ4n) is 3.79. The normalized spacial score (nSPS) is 20.2. The van der Waals surface area contributed by atoms with Crippen LogP contribution < -0.4 is 15.0 Å². The Morgan fingerprint density at radius 1 is 1.08 bits per heavy atom. The van der Waals surface area contributed by atoms with E-state index in [1.807, 2.05) is 36.4 Å². The number of carbonyl (C=O) groups excluding carboxylic acids is 1. The van der Waals surface area contributed by atoms with Crippen molar-refractivity contribution in [2.24, 2.45) is 5.92 Å². The molecule has 2 aromatic rings. The summed E-state index contributed by atoms with van der Waals surface area (Å²) in [6.07, 6.45) is 2.37. The number of amides is 1. The molecule has 1 N–H and O–H groups in total. The fraction of sp³-hybridized carbons (Fsp3) is 0.381. The SMILES string of the molecule is O=C(NC1CCN(c2ccccc2F)CC1)[C@@H]1COc2ccccc2C1. The minimum atomic E-state index is -0.187. The van der Waals surface area contributed by atoms with Gasteiger partial charge in [0, 0.05) is 19.1 Å². The van der Waals surface area contributed by atoms with Gasteiger partial charge in [-0.25, -0.2) is 4.39 Å². The summed E-state index contributed by atoms with van der Waals surface area (Å²) in [6, 6.07) is 14.9. The van der Waals surface area contributed by atoms with Gasteiger partial charge in [-0.2, -0.15) is 0 Å². The summed E-state index contributed by atoms with van der Waals surface area (Å²) in [5, 5.41) is 3.17. The van der Waals surface area contributed by atoms with Crippen molar-refractivity contribution < 1.29 is 13.9 Å². The van der Waals surface area contributed by atoms with Crippen LogP contribution in [-0.2, 0) is 11.2 Å². The Bertz CT molecular complexity index is 787. The van der Waals surface area contributed by atoms with E-state index in [1.165, 1.54) is 6.07 Å². The first-order valence-corrected chi connectivity index (χ1v) is 9.21. The standard InChI is InChI=1S/C21H23FN2O2/c22-18-6-2-3-7-19(18)24-11-9-17(10-12-24)23-21(25)16-13-15-5-1-4-8-20(15)26-14-16/h1-8,16-17H,9-14H2,(H,23,25)/t16-/m0/s1. The van der Waals surface area contributed by atoms with Crippen LogP contribution in [0, 0.1) is 11.7 Å². The van der Waals surface area contributed by atoms with E-state index >= 15 is 0 Å². The first kappa shape index (κ1) is 16.9. The van der Waals surface area contributed by atoms with Crippen LogP contribution in [0.15, 0.2) is 48.5 Å². The lowest BCUT2D eigenvalue weighted by atomic mass is 9.95. The van der Waals surface area contributed by atoms with Gasteiger partial charge in [-0.3, -0.25) is 4.79 Å². The van der Waals surface area contributed by atoms with Gasteiger partial charge in [-0.05, 0) is 43.0 Å². The maximum Gasteiger partial charge on any atom is 0.227 e. The maximum absolute atomic E-state index is 13.9. The van der Waals surface area contributed by atoms with Crippen LogP contribution in [0.5, 0.6) is 5.75 Å². The summed E-state index contributed by atoms with van der Waals surface area (Å²) in [5.41, 5.74) is 1.74. The second-order valence-electron chi connectivity index (χ2n) is 7.04. The zero-order chi connectivity index (χ0) is 17.9. The number of ether oxygens (including phenoxy) is 1. The minimum absolute atomic E-state index is 0.0591. The van der Waals surface area contributed by atoms with Crippen LogP contribution in [0.1, 0.15) is 18.4 Å². The Hall–Kier alpha value is -2.56. The lowest BCUT2D eigenvalue weighted by Crippen LogP contribution is -2.48. The minimum Gasteiger partial charge on any atom is -0.492 e. The number of piperidine rings is 1. The van der Waals surface area contributed by atoms with Crippen molar-refractivity contribution in [3.8, 4) is 5.75 Å². The first-order chi connectivity index (χ1) is 12.7. The number of nitrogens with one attached hydrogen (secondary N) is 1. The molecule has 0 aromatic heterocycles. The van der Waals surface area contributed by atoms with E-state index in [0.717, 1.165) is 43.7 Å². The molecule has 0 radical (unpaired) electrons. The quantitative estimate of drug-likeness (QED) is 0.921. The van der Waals surface area contributed by atoms with Crippen LogP contribution in [0.3, 0.4) is 0 Å². The molecule has 0 bridgehead atoms. The average Bonchev–Trinajstić information content (AvgIpc) is 2.69. The molecule has 4 rings (SSSR count). The molecule has 0 spiro atoms. The molecule has 1 atom stereocenters. The fourth-order valence-corrected chi connectivity index (χ4v) is 3.79. The highest BCUT2D eigenvalue weighted by molar-refractivity contribution is 5.80. The summed E-state index contributed by atoms with van der Waals surface area (Å²) in [4.78, 5) is 14.7. The van der Waals surface area contributed by atoms with E-state index in [-0.39, 0.29) is 23.7 Å². The number of fused-ring (bicyclic) bond motifs is 1. The van der Waals surface area contributed by atoms with Crippen LogP contribution in [0.4, 0.5) is 10.1 Å². The van der Waals surface area contributed by atoms with Crippen LogP contribution >= 0.6 is 0 Å². The number of rotatable bonds is 3. The van der Waals surface area contributed by atoms with Gasteiger partial charge in [0.25, 0.3) is 0 Å². The van der Waals surface area contributed by atoms with Crippen molar-refractivity contribution in [1.82, 2.24) is 5.32 Å². The molecule has 26 heavy (non-hydrogen) atoms. The highest BCUT2D eigenvalue weighted by Crippen LogP contribution is 2.27. The third-order valence-electron chi connectivity index (χ3n) is 5.28. The Morgan fingerprint density at radius 2 is 1.81 bits per heavy atom. The molecule has 1 saturated heterocycles. The molecule has 4 nitrogen and oxygen atoms in total. The van der Waals surface area contributed by atoms with Crippen LogP contribution in [-0.4, -0.2) is 31.6 Å². The summed E-state index contributed by atoms with van der Waals surface area (Å²) >= 11 is 0. The molecule has 1 amide bonds. The number of anilines is 1. The van der Waals surface area contributed by atoms with Gasteiger partial charge in [0.05, 0.1) is 11.6 Å². The second-order valence-corrected chi connectivity index (χ2v) is 7.04. The average molecular weight is 354 g/mol. The number of para-hydroxylation sites is 2. The van der Waals surface area contributed by atoms with E-state index < -0.39 is 0 Å². The van der Waals surface area contributed by atoms with E-state index in [9.17, 15) is 9.18 Å². The Balaban J connectivity index is 1.31. The van der Waals surface area contributed by atoms with Gasteiger partial charge in [-0.15, -0.1) is 0 Å². The monoisotopic (exact) mass is 354 g/mol. The Morgan fingerprint density at radius 3 is 2.62 bits per heavy atom. The smallest absolute Gasteiger partial charge is 0.227 e. The van der Waals surface area contributed by atoms with Crippen LogP contribution in [0.2, 0.25) is 0 Å². The van der Waals surface area contributed by atoms with Crippen molar-refractivity contribution in [2.45, 2.75) is 25.3 Å².